The second kappa shape index (κ2) is 6.69. The Morgan fingerprint density at radius 2 is 1.90 bits per heavy atom. The molecule has 2 fully saturated rings. The van der Waals surface area contributed by atoms with E-state index in [0.717, 1.165) is 38.0 Å². The lowest BCUT2D eigenvalue weighted by Gasteiger charge is -2.38. The molecule has 0 aliphatic carbocycles. The lowest BCUT2D eigenvalue weighted by atomic mass is 9.86. The van der Waals surface area contributed by atoms with Crippen molar-refractivity contribution < 1.29 is 4.74 Å². The van der Waals surface area contributed by atoms with Crippen LogP contribution in [0.1, 0.15) is 66.2 Å². The summed E-state index contributed by atoms with van der Waals surface area (Å²) in [5, 5.41) is 4.85. The molecule has 0 bridgehead atoms. The standard InChI is InChI=1S/C16H30N2OS/c1-5-15(6-2)12-20-14(18-15)17-13-9-10-19-16(7-3,8-4)11-13/h13H,5-12H2,1-4H3,(H,17,18). The number of aliphatic imine (C=N–C) groups is 1. The second-order valence-electron chi connectivity index (χ2n) is 6.22. The normalized spacial score (nSPS) is 30.4. The molecule has 3 nitrogen and oxygen atoms in total. The van der Waals surface area contributed by atoms with Gasteiger partial charge in [0.1, 0.15) is 0 Å². The van der Waals surface area contributed by atoms with E-state index in [2.05, 4.69) is 33.0 Å². The summed E-state index contributed by atoms with van der Waals surface area (Å²) in [5.74, 6) is 1.16. The molecule has 2 rings (SSSR count). The Bertz CT molecular complexity index is 348. The van der Waals surface area contributed by atoms with Crippen molar-refractivity contribution in [2.24, 2.45) is 4.99 Å². The lowest BCUT2D eigenvalue weighted by molar-refractivity contribution is -0.0884. The molecule has 0 aromatic carbocycles. The molecule has 20 heavy (non-hydrogen) atoms. The van der Waals surface area contributed by atoms with Crippen molar-refractivity contribution in [1.29, 1.82) is 0 Å². The van der Waals surface area contributed by atoms with Gasteiger partial charge in [0, 0.05) is 17.9 Å². The number of hydrogen-bond acceptors (Lipinski definition) is 3. The fraction of sp³-hybridized carbons (Fsp3) is 0.938. The Labute approximate surface area is 128 Å². The van der Waals surface area contributed by atoms with Gasteiger partial charge in [0.2, 0.25) is 0 Å². The predicted octanol–water partition coefficient (Wildman–Crippen LogP) is 3.98. The number of rotatable bonds is 5. The van der Waals surface area contributed by atoms with E-state index in [1.807, 2.05) is 11.8 Å². The maximum Gasteiger partial charge on any atom is 0.157 e. The first-order chi connectivity index (χ1) is 9.61. The van der Waals surface area contributed by atoms with Gasteiger partial charge in [-0.2, -0.15) is 0 Å². The zero-order valence-electron chi connectivity index (χ0n) is 13.5. The largest absolute Gasteiger partial charge is 0.375 e. The third kappa shape index (κ3) is 3.33. The minimum atomic E-state index is 0.0723. The molecule has 2 aliphatic heterocycles. The van der Waals surface area contributed by atoms with Crippen LogP contribution in [-0.2, 0) is 4.74 Å². The quantitative estimate of drug-likeness (QED) is 0.833. The van der Waals surface area contributed by atoms with E-state index in [-0.39, 0.29) is 11.1 Å². The predicted molar refractivity (Wildman–Crippen MR) is 88.6 cm³/mol. The third-order valence-electron chi connectivity index (χ3n) is 5.27. The van der Waals surface area contributed by atoms with Crippen LogP contribution in [-0.4, -0.2) is 34.7 Å². The topological polar surface area (TPSA) is 33.6 Å². The molecular formula is C16H30N2OS. The van der Waals surface area contributed by atoms with Gasteiger partial charge in [0.15, 0.2) is 5.17 Å². The number of nitrogens with zero attached hydrogens (tertiary/aromatic N) is 1. The Morgan fingerprint density at radius 1 is 1.20 bits per heavy atom. The van der Waals surface area contributed by atoms with E-state index in [0.29, 0.717) is 6.04 Å². The molecule has 1 N–H and O–H groups in total. The molecule has 0 saturated carbocycles. The van der Waals surface area contributed by atoms with Crippen molar-refractivity contribution >= 4 is 16.9 Å². The summed E-state index contributed by atoms with van der Waals surface area (Å²) in [4.78, 5) is 5.01. The number of ether oxygens (including phenoxy) is 1. The summed E-state index contributed by atoms with van der Waals surface area (Å²) < 4.78 is 6.05. The number of hydrogen-bond donors (Lipinski definition) is 1. The summed E-state index contributed by atoms with van der Waals surface area (Å²) in [6.07, 6.45) is 6.70. The van der Waals surface area contributed by atoms with Crippen LogP contribution < -0.4 is 5.32 Å². The zero-order valence-corrected chi connectivity index (χ0v) is 14.3. The Morgan fingerprint density at radius 3 is 2.45 bits per heavy atom. The second-order valence-corrected chi connectivity index (χ2v) is 7.18. The molecule has 2 saturated heterocycles. The van der Waals surface area contributed by atoms with Gasteiger partial charge in [0.25, 0.3) is 0 Å². The fourth-order valence-electron chi connectivity index (χ4n) is 3.23. The Balaban J connectivity index is 2.01. The maximum absolute atomic E-state index is 6.05. The van der Waals surface area contributed by atoms with Crippen LogP contribution >= 0.6 is 11.8 Å². The van der Waals surface area contributed by atoms with Crippen LogP contribution in [0, 0.1) is 0 Å². The molecule has 1 atom stereocenters. The highest BCUT2D eigenvalue weighted by molar-refractivity contribution is 8.14. The van der Waals surface area contributed by atoms with E-state index in [9.17, 15) is 0 Å². The van der Waals surface area contributed by atoms with Crippen molar-refractivity contribution in [3.63, 3.8) is 0 Å². The molecule has 116 valence electrons. The van der Waals surface area contributed by atoms with E-state index < -0.39 is 0 Å². The number of amidine groups is 1. The highest BCUT2D eigenvalue weighted by Gasteiger charge is 2.37. The van der Waals surface area contributed by atoms with E-state index in [1.54, 1.807) is 0 Å². The molecule has 1 unspecified atom stereocenters. The molecular weight excluding hydrogens is 268 g/mol. The van der Waals surface area contributed by atoms with Crippen molar-refractivity contribution in [3.05, 3.63) is 0 Å². The average molecular weight is 298 g/mol. The number of nitrogens with one attached hydrogen (secondary N) is 1. The molecule has 0 amide bonds. The maximum atomic E-state index is 6.05. The first-order valence-electron chi connectivity index (χ1n) is 8.23. The molecule has 2 aliphatic rings. The summed E-state index contributed by atoms with van der Waals surface area (Å²) in [6.45, 7) is 9.88. The molecule has 0 aromatic heterocycles. The van der Waals surface area contributed by atoms with Gasteiger partial charge < -0.3 is 10.1 Å². The Hall–Kier alpha value is -0.220. The van der Waals surface area contributed by atoms with E-state index in [4.69, 9.17) is 9.73 Å². The first-order valence-corrected chi connectivity index (χ1v) is 9.22. The van der Waals surface area contributed by atoms with Crippen molar-refractivity contribution in [1.82, 2.24) is 5.32 Å². The molecule has 0 spiro atoms. The summed E-state index contributed by atoms with van der Waals surface area (Å²) in [6, 6.07) is 0.433. The molecule has 0 radical (unpaired) electrons. The van der Waals surface area contributed by atoms with Gasteiger partial charge in [-0.05, 0) is 38.5 Å². The van der Waals surface area contributed by atoms with Crippen LogP contribution in [0.4, 0.5) is 0 Å². The summed E-state index contributed by atoms with van der Waals surface area (Å²) >= 11 is 1.91. The van der Waals surface area contributed by atoms with Gasteiger partial charge in [0.05, 0.1) is 11.6 Å². The highest BCUT2D eigenvalue weighted by Crippen LogP contribution is 2.34. The highest BCUT2D eigenvalue weighted by atomic mass is 32.2. The molecule has 2 heterocycles. The van der Waals surface area contributed by atoms with Gasteiger partial charge >= 0.3 is 0 Å². The van der Waals surface area contributed by atoms with Crippen molar-refractivity contribution in [3.8, 4) is 0 Å². The molecule has 4 heteroatoms. The van der Waals surface area contributed by atoms with Crippen LogP contribution in [0.5, 0.6) is 0 Å². The SMILES string of the molecule is CCC1(CC)CSC(=NC2CCOC(CC)(CC)C2)N1. The van der Waals surface area contributed by atoms with E-state index >= 15 is 0 Å². The minimum absolute atomic E-state index is 0.0723. The first kappa shape index (κ1) is 16.2. The smallest absolute Gasteiger partial charge is 0.157 e. The Kier molecular flexibility index (Phi) is 5.41. The van der Waals surface area contributed by atoms with E-state index in [1.165, 1.54) is 18.0 Å². The van der Waals surface area contributed by atoms with Crippen LogP contribution in [0.15, 0.2) is 4.99 Å². The van der Waals surface area contributed by atoms with Crippen LogP contribution in [0.25, 0.3) is 0 Å². The minimum Gasteiger partial charge on any atom is -0.375 e. The van der Waals surface area contributed by atoms with Gasteiger partial charge in [-0.15, -0.1) is 0 Å². The lowest BCUT2D eigenvalue weighted by Crippen LogP contribution is -2.43. The zero-order chi connectivity index (χ0) is 14.6. The van der Waals surface area contributed by atoms with Crippen LogP contribution in [0.2, 0.25) is 0 Å². The average Bonchev–Trinajstić information content (AvgIpc) is 2.91. The molecule has 0 aromatic rings. The van der Waals surface area contributed by atoms with Gasteiger partial charge in [-0.25, -0.2) is 0 Å². The number of thioether (sulfide) groups is 1. The van der Waals surface area contributed by atoms with Gasteiger partial charge in [-0.3, -0.25) is 4.99 Å². The fourth-order valence-corrected chi connectivity index (χ4v) is 4.63. The van der Waals surface area contributed by atoms with Crippen molar-refractivity contribution in [2.45, 2.75) is 83.4 Å². The monoisotopic (exact) mass is 298 g/mol. The summed E-state index contributed by atoms with van der Waals surface area (Å²) in [7, 11) is 0. The van der Waals surface area contributed by atoms with Crippen molar-refractivity contribution in [2.75, 3.05) is 12.4 Å². The third-order valence-corrected chi connectivity index (χ3v) is 6.44. The summed E-state index contributed by atoms with van der Waals surface area (Å²) in [5.41, 5.74) is 0.351. The van der Waals surface area contributed by atoms with Gasteiger partial charge in [-0.1, -0.05) is 39.5 Å². The van der Waals surface area contributed by atoms with Crippen LogP contribution in [0.3, 0.4) is 0 Å².